The van der Waals surface area contributed by atoms with E-state index in [-0.39, 0.29) is 0 Å². The molecule has 0 aliphatic carbocycles. The molecule has 0 fully saturated rings. The molecule has 0 saturated carbocycles. The zero-order valence-corrected chi connectivity index (χ0v) is 10.6. The van der Waals surface area contributed by atoms with E-state index in [0.717, 1.165) is 17.4 Å². The fourth-order valence-corrected chi connectivity index (χ4v) is 3.18. The summed E-state index contributed by atoms with van der Waals surface area (Å²) in [4.78, 5) is 0. The number of fused-ring (bicyclic) bond motifs is 1. The highest BCUT2D eigenvalue weighted by atomic mass is 79.9. The third-order valence-corrected chi connectivity index (χ3v) is 3.57. The number of hydrogen-bond acceptors (Lipinski definition) is 1. The third-order valence-electron chi connectivity index (χ3n) is 2.40. The van der Waals surface area contributed by atoms with Crippen LogP contribution in [-0.4, -0.2) is 6.04 Å². The fourth-order valence-electron chi connectivity index (χ4n) is 1.71. The molecule has 1 heterocycles. The van der Waals surface area contributed by atoms with E-state index in [9.17, 15) is 0 Å². The lowest BCUT2D eigenvalue weighted by Gasteiger charge is -2.24. The average Bonchev–Trinajstić information content (AvgIpc) is 2.06. The molecule has 70 valence electrons. The Morgan fingerprint density at radius 3 is 2.92 bits per heavy atom. The largest absolute Gasteiger partial charge is 0.310 e. The van der Waals surface area contributed by atoms with E-state index in [1.54, 1.807) is 0 Å². The Bertz CT molecular complexity index is 336. The highest BCUT2D eigenvalue weighted by molar-refractivity contribution is 9.11. The van der Waals surface area contributed by atoms with E-state index in [0.29, 0.717) is 6.04 Å². The molecule has 1 aromatic carbocycles. The van der Waals surface area contributed by atoms with Gasteiger partial charge in [0.15, 0.2) is 0 Å². The maximum Gasteiger partial charge on any atom is 0.0222 e. The maximum atomic E-state index is 3.60. The summed E-state index contributed by atoms with van der Waals surface area (Å²) >= 11 is 7.10. The summed E-state index contributed by atoms with van der Waals surface area (Å²) in [6.07, 6.45) is 1.11. The van der Waals surface area contributed by atoms with Gasteiger partial charge in [0, 0.05) is 21.5 Å². The predicted molar refractivity (Wildman–Crippen MR) is 61.8 cm³/mol. The first-order valence-corrected chi connectivity index (χ1v) is 5.95. The quantitative estimate of drug-likeness (QED) is 0.776. The summed E-state index contributed by atoms with van der Waals surface area (Å²) in [6.45, 7) is 3.20. The zero-order valence-electron chi connectivity index (χ0n) is 7.40. The molecule has 1 aliphatic rings. The zero-order chi connectivity index (χ0) is 9.42. The van der Waals surface area contributed by atoms with Crippen molar-refractivity contribution < 1.29 is 0 Å². The molecule has 0 radical (unpaired) electrons. The van der Waals surface area contributed by atoms with Crippen LogP contribution in [0.4, 0.5) is 0 Å². The van der Waals surface area contributed by atoms with Crippen LogP contribution in [0.25, 0.3) is 0 Å². The van der Waals surface area contributed by atoms with Gasteiger partial charge < -0.3 is 5.32 Å². The van der Waals surface area contributed by atoms with Gasteiger partial charge in [-0.05, 0) is 36.6 Å². The van der Waals surface area contributed by atoms with Gasteiger partial charge in [0.25, 0.3) is 0 Å². The van der Waals surface area contributed by atoms with Crippen LogP contribution < -0.4 is 5.32 Å². The van der Waals surface area contributed by atoms with Gasteiger partial charge in [-0.2, -0.15) is 0 Å². The normalized spacial score (nSPS) is 21.3. The molecule has 1 unspecified atom stereocenters. The summed E-state index contributed by atoms with van der Waals surface area (Å²) in [5.74, 6) is 0. The number of nitrogens with one attached hydrogen (secondary N) is 1. The number of benzene rings is 1. The van der Waals surface area contributed by atoms with Gasteiger partial charge in [-0.25, -0.2) is 0 Å². The average molecular weight is 305 g/mol. The van der Waals surface area contributed by atoms with Gasteiger partial charge in [-0.15, -0.1) is 0 Å². The van der Waals surface area contributed by atoms with Crippen molar-refractivity contribution in [3.8, 4) is 0 Å². The predicted octanol–water partition coefficient (Wildman–Crippen LogP) is 3.25. The second-order valence-corrected chi connectivity index (χ2v) is 5.28. The standard InChI is InChI=1S/C10H11Br2N/c1-6-2-9-7(5-13-6)3-8(11)4-10(9)12/h3-4,6,13H,2,5H2,1H3. The first-order valence-electron chi connectivity index (χ1n) is 4.37. The van der Waals surface area contributed by atoms with Crippen molar-refractivity contribution in [2.75, 3.05) is 0 Å². The van der Waals surface area contributed by atoms with Crippen molar-refractivity contribution in [2.45, 2.75) is 25.9 Å². The van der Waals surface area contributed by atoms with Gasteiger partial charge in [-0.3, -0.25) is 0 Å². The maximum absolute atomic E-state index is 3.60. The van der Waals surface area contributed by atoms with Crippen LogP contribution in [-0.2, 0) is 13.0 Å². The number of hydrogen-bond donors (Lipinski definition) is 1. The molecule has 1 aliphatic heterocycles. The van der Waals surface area contributed by atoms with E-state index in [1.165, 1.54) is 15.6 Å². The van der Waals surface area contributed by atoms with Gasteiger partial charge in [0.05, 0.1) is 0 Å². The van der Waals surface area contributed by atoms with Crippen LogP contribution >= 0.6 is 31.9 Å². The summed E-state index contributed by atoms with van der Waals surface area (Å²) in [7, 11) is 0. The first kappa shape index (κ1) is 9.69. The molecule has 2 rings (SSSR count). The van der Waals surface area contributed by atoms with Crippen molar-refractivity contribution in [3.05, 3.63) is 32.2 Å². The van der Waals surface area contributed by atoms with Gasteiger partial charge >= 0.3 is 0 Å². The van der Waals surface area contributed by atoms with Crippen molar-refractivity contribution in [1.82, 2.24) is 5.32 Å². The van der Waals surface area contributed by atoms with Crippen molar-refractivity contribution in [3.63, 3.8) is 0 Å². The Balaban J connectivity index is 2.47. The third kappa shape index (κ3) is 1.97. The summed E-state index contributed by atoms with van der Waals surface area (Å²) in [5, 5.41) is 3.45. The van der Waals surface area contributed by atoms with E-state index in [4.69, 9.17) is 0 Å². The van der Waals surface area contributed by atoms with E-state index < -0.39 is 0 Å². The fraction of sp³-hybridized carbons (Fsp3) is 0.400. The molecule has 0 amide bonds. The topological polar surface area (TPSA) is 12.0 Å². The van der Waals surface area contributed by atoms with Crippen LogP contribution in [0.1, 0.15) is 18.1 Å². The van der Waals surface area contributed by atoms with Gasteiger partial charge in [0.1, 0.15) is 0 Å². The number of rotatable bonds is 0. The lowest BCUT2D eigenvalue weighted by Crippen LogP contribution is -2.33. The SMILES string of the molecule is CC1Cc2c(Br)cc(Br)cc2CN1. The van der Waals surface area contributed by atoms with Crippen LogP contribution in [0.5, 0.6) is 0 Å². The minimum Gasteiger partial charge on any atom is -0.310 e. The molecule has 1 atom stereocenters. The minimum absolute atomic E-state index is 0.588. The molecule has 0 bridgehead atoms. The monoisotopic (exact) mass is 303 g/mol. The first-order chi connectivity index (χ1) is 6.16. The molecule has 1 nitrogen and oxygen atoms in total. The highest BCUT2D eigenvalue weighted by Gasteiger charge is 2.16. The molecule has 3 heteroatoms. The Morgan fingerprint density at radius 1 is 1.38 bits per heavy atom. The molecule has 1 aromatic rings. The van der Waals surface area contributed by atoms with Crippen molar-refractivity contribution >= 4 is 31.9 Å². The summed E-state index contributed by atoms with van der Waals surface area (Å²) < 4.78 is 2.37. The Morgan fingerprint density at radius 2 is 2.15 bits per heavy atom. The van der Waals surface area contributed by atoms with Gasteiger partial charge in [0.2, 0.25) is 0 Å². The molecular formula is C10H11Br2N. The van der Waals surface area contributed by atoms with E-state index in [1.807, 2.05) is 0 Å². The Labute approximate surface area is 95.2 Å². The Kier molecular flexibility index (Phi) is 2.77. The summed E-state index contributed by atoms with van der Waals surface area (Å²) in [6, 6.07) is 4.90. The molecule has 0 aromatic heterocycles. The van der Waals surface area contributed by atoms with E-state index in [2.05, 4.69) is 56.2 Å². The molecular weight excluding hydrogens is 294 g/mol. The van der Waals surface area contributed by atoms with Crippen molar-refractivity contribution in [2.24, 2.45) is 0 Å². The van der Waals surface area contributed by atoms with Crippen LogP contribution in [0, 0.1) is 0 Å². The Hall–Kier alpha value is 0.140. The molecule has 1 N–H and O–H groups in total. The molecule has 0 spiro atoms. The lowest BCUT2D eigenvalue weighted by atomic mass is 9.97. The van der Waals surface area contributed by atoms with Gasteiger partial charge in [-0.1, -0.05) is 31.9 Å². The van der Waals surface area contributed by atoms with Crippen LogP contribution in [0.2, 0.25) is 0 Å². The van der Waals surface area contributed by atoms with E-state index >= 15 is 0 Å². The summed E-state index contributed by atoms with van der Waals surface area (Å²) in [5.41, 5.74) is 2.86. The molecule has 13 heavy (non-hydrogen) atoms. The highest BCUT2D eigenvalue weighted by Crippen LogP contribution is 2.29. The van der Waals surface area contributed by atoms with Crippen molar-refractivity contribution in [1.29, 1.82) is 0 Å². The smallest absolute Gasteiger partial charge is 0.0222 e. The second kappa shape index (κ2) is 3.71. The minimum atomic E-state index is 0.588. The van der Waals surface area contributed by atoms with Crippen LogP contribution in [0.15, 0.2) is 21.1 Å². The second-order valence-electron chi connectivity index (χ2n) is 3.51. The number of halogens is 2. The lowest BCUT2D eigenvalue weighted by molar-refractivity contribution is 0.512. The molecule has 0 saturated heterocycles. The van der Waals surface area contributed by atoms with Crippen LogP contribution in [0.3, 0.4) is 0 Å².